The maximum absolute atomic E-state index is 12.5. The van der Waals surface area contributed by atoms with Crippen molar-refractivity contribution in [2.24, 2.45) is 11.7 Å². The van der Waals surface area contributed by atoms with E-state index in [4.69, 9.17) is 15.2 Å². The lowest BCUT2D eigenvalue weighted by molar-refractivity contribution is -0.155. The van der Waals surface area contributed by atoms with E-state index in [9.17, 15) is 9.59 Å². The molecule has 0 radical (unpaired) electrons. The minimum atomic E-state index is -0.887. The maximum Gasteiger partial charge on any atom is 0.331 e. The highest BCUT2D eigenvalue weighted by Crippen LogP contribution is 2.35. The molecule has 6 nitrogen and oxygen atoms in total. The molecule has 0 spiro atoms. The van der Waals surface area contributed by atoms with Gasteiger partial charge < -0.3 is 20.5 Å². The summed E-state index contributed by atoms with van der Waals surface area (Å²) in [6.07, 6.45) is 5.13. The Morgan fingerprint density at radius 1 is 1.27 bits per heavy atom. The minimum Gasteiger partial charge on any atom is -0.467 e. The van der Waals surface area contributed by atoms with Crippen LogP contribution >= 0.6 is 0 Å². The van der Waals surface area contributed by atoms with Crippen LogP contribution in [0.25, 0.3) is 0 Å². The van der Waals surface area contributed by atoms with Crippen LogP contribution in [0.1, 0.15) is 51.9 Å². The molecule has 0 unspecified atom stereocenters. The molecule has 1 saturated carbocycles. The zero-order valence-electron chi connectivity index (χ0n) is 13.6. The number of methoxy groups -OCH3 is 1. The van der Waals surface area contributed by atoms with Crippen LogP contribution in [0.2, 0.25) is 0 Å². The first-order chi connectivity index (χ1) is 10.5. The van der Waals surface area contributed by atoms with Crippen LogP contribution in [-0.2, 0) is 19.1 Å². The van der Waals surface area contributed by atoms with Crippen molar-refractivity contribution in [2.45, 2.75) is 69.6 Å². The third-order valence-corrected chi connectivity index (χ3v) is 5.14. The van der Waals surface area contributed by atoms with E-state index in [0.29, 0.717) is 31.7 Å². The van der Waals surface area contributed by atoms with E-state index in [1.165, 1.54) is 7.11 Å². The van der Waals surface area contributed by atoms with E-state index in [1.807, 2.05) is 0 Å². The van der Waals surface area contributed by atoms with Crippen molar-refractivity contribution < 1.29 is 19.1 Å². The Morgan fingerprint density at radius 2 is 1.95 bits per heavy atom. The van der Waals surface area contributed by atoms with Gasteiger partial charge in [0.2, 0.25) is 5.91 Å². The van der Waals surface area contributed by atoms with Crippen LogP contribution in [-0.4, -0.2) is 43.3 Å². The molecule has 1 aliphatic heterocycles. The molecule has 2 rings (SSSR count). The first kappa shape index (κ1) is 17.2. The Morgan fingerprint density at radius 3 is 2.45 bits per heavy atom. The standard InChI is InChI=1S/C16H28N2O4/c1-3-11-6-8-16(9-7-11,15(20)21-2)18-14(19)13-5-4-12(10-17)22-13/h11-13H,3-10,17H2,1-2H3,(H,18,19)/t11?,12-,13+,16?/m1/s1. The third kappa shape index (κ3) is 3.60. The van der Waals surface area contributed by atoms with Crippen molar-refractivity contribution in [3.63, 3.8) is 0 Å². The first-order valence-electron chi connectivity index (χ1n) is 8.30. The Hall–Kier alpha value is -1.14. The number of esters is 1. The van der Waals surface area contributed by atoms with Gasteiger partial charge in [-0.2, -0.15) is 0 Å². The molecular weight excluding hydrogens is 284 g/mol. The van der Waals surface area contributed by atoms with Crippen molar-refractivity contribution in [2.75, 3.05) is 13.7 Å². The summed E-state index contributed by atoms with van der Waals surface area (Å²) in [5.41, 5.74) is 4.69. The highest BCUT2D eigenvalue weighted by molar-refractivity contribution is 5.90. The summed E-state index contributed by atoms with van der Waals surface area (Å²) >= 11 is 0. The topological polar surface area (TPSA) is 90.7 Å². The number of nitrogens with two attached hydrogens (primary N) is 1. The van der Waals surface area contributed by atoms with Gasteiger partial charge in [0.1, 0.15) is 11.6 Å². The lowest BCUT2D eigenvalue weighted by atomic mass is 9.75. The number of ether oxygens (including phenoxy) is 2. The number of carbonyl (C=O) groups excluding carboxylic acids is 2. The van der Waals surface area contributed by atoms with Gasteiger partial charge in [0.25, 0.3) is 0 Å². The number of amides is 1. The van der Waals surface area contributed by atoms with Crippen molar-refractivity contribution in [3.8, 4) is 0 Å². The molecular formula is C16H28N2O4. The van der Waals surface area contributed by atoms with Crippen LogP contribution in [0.5, 0.6) is 0 Å². The third-order valence-electron chi connectivity index (χ3n) is 5.14. The summed E-state index contributed by atoms with van der Waals surface area (Å²) < 4.78 is 10.6. The molecule has 3 N–H and O–H groups in total. The summed E-state index contributed by atoms with van der Waals surface area (Å²) in [7, 11) is 1.37. The van der Waals surface area contributed by atoms with Crippen LogP contribution in [0.4, 0.5) is 0 Å². The number of hydrogen-bond acceptors (Lipinski definition) is 5. The molecule has 2 fully saturated rings. The number of carbonyl (C=O) groups is 2. The summed E-state index contributed by atoms with van der Waals surface area (Å²) in [5, 5.41) is 2.94. The molecule has 1 amide bonds. The molecule has 0 aromatic heterocycles. The van der Waals surface area contributed by atoms with Crippen molar-refractivity contribution in [3.05, 3.63) is 0 Å². The quantitative estimate of drug-likeness (QED) is 0.742. The average molecular weight is 312 g/mol. The summed E-state index contributed by atoms with van der Waals surface area (Å²) in [5.74, 6) is 0.0686. The second kappa shape index (κ2) is 7.42. The Balaban J connectivity index is 2.01. The highest BCUT2D eigenvalue weighted by atomic mass is 16.5. The molecule has 22 heavy (non-hydrogen) atoms. The second-order valence-electron chi connectivity index (χ2n) is 6.47. The molecule has 1 saturated heterocycles. The molecule has 2 aliphatic rings. The number of hydrogen-bond donors (Lipinski definition) is 2. The predicted molar refractivity (Wildman–Crippen MR) is 82.1 cm³/mol. The summed E-state index contributed by atoms with van der Waals surface area (Å²) in [4.78, 5) is 24.7. The number of nitrogens with one attached hydrogen (secondary N) is 1. The lowest BCUT2D eigenvalue weighted by Crippen LogP contribution is -2.58. The number of rotatable bonds is 5. The molecule has 0 aromatic carbocycles. The molecule has 0 bridgehead atoms. The maximum atomic E-state index is 12.5. The fourth-order valence-electron chi connectivity index (χ4n) is 3.54. The van der Waals surface area contributed by atoms with E-state index >= 15 is 0 Å². The van der Waals surface area contributed by atoms with Crippen molar-refractivity contribution in [1.29, 1.82) is 0 Å². The van der Waals surface area contributed by atoms with E-state index in [2.05, 4.69) is 12.2 Å². The lowest BCUT2D eigenvalue weighted by Gasteiger charge is -2.38. The van der Waals surface area contributed by atoms with Gasteiger partial charge in [0, 0.05) is 6.54 Å². The minimum absolute atomic E-state index is 0.0549. The van der Waals surface area contributed by atoms with Crippen LogP contribution in [0.3, 0.4) is 0 Å². The van der Waals surface area contributed by atoms with E-state index < -0.39 is 11.6 Å². The van der Waals surface area contributed by atoms with E-state index in [-0.39, 0.29) is 18.0 Å². The fraction of sp³-hybridized carbons (Fsp3) is 0.875. The monoisotopic (exact) mass is 312 g/mol. The molecule has 6 heteroatoms. The normalized spacial score (nSPS) is 35.1. The molecule has 1 aliphatic carbocycles. The van der Waals surface area contributed by atoms with Crippen LogP contribution < -0.4 is 11.1 Å². The van der Waals surface area contributed by atoms with Crippen molar-refractivity contribution in [1.82, 2.24) is 5.32 Å². The summed E-state index contributed by atoms with van der Waals surface area (Å²) in [6.45, 7) is 2.58. The Bertz CT molecular complexity index is 405. The van der Waals surface area contributed by atoms with E-state index in [0.717, 1.165) is 25.7 Å². The summed E-state index contributed by atoms with van der Waals surface area (Å²) in [6, 6.07) is 0. The van der Waals surface area contributed by atoms with Gasteiger partial charge in [0.05, 0.1) is 13.2 Å². The van der Waals surface area contributed by atoms with Crippen LogP contribution in [0, 0.1) is 5.92 Å². The molecule has 1 heterocycles. The second-order valence-corrected chi connectivity index (χ2v) is 6.47. The zero-order valence-corrected chi connectivity index (χ0v) is 13.6. The van der Waals surface area contributed by atoms with Gasteiger partial charge in [-0.3, -0.25) is 4.79 Å². The Labute approximate surface area is 132 Å². The van der Waals surface area contributed by atoms with E-state index in [1.54, 1.807) is 0 Å². The van der Waals surface area contributed by atoms with Crippen molar-refractivity contribution >= 4 is 11.9 Å². The van der Waals surface area contributed by atoms with Crippen LogP contribution in [0.15, 0.2) is 0 Å². The zero-order chi connectivity index (χ0) is 16.2. The predicted octanol–water partition coefficient (Wildman–Crippen LogP) is 1.12. The van der Waals surface area contributed by atoms with Gasteiger partial charge >= 0.3 is 5.97 Å². The smallest absolute Gasteiger partial charge is 0.331 e. The molecule has 2 atom stereocenters. The first-order valence-corrected chi connectivity index (χ1v) is 8.30. The largest absolute Gasteiger partial charge is 0.467 e. The van der Waals surface area contributed by atoms with Gasteiger partial charge in [-0.15, -0.1) is 0 Å². The fourth-order valence-corrected chi connectivity index (χ4v) is 3.54. The van der Waals surface area contributed by atoms with Gasteiger partial charge in [-0.05, 0) is 44.4 Å². The average Bonchev–Trinajstić information content (AvgIpc) is 3.04. The Kier molecular flexibility index (Phi) is 5.81. The highest BCUT2D eigenvalue weighted by Gasteiger charge is 2.45. The SMILES string of the molecule is CCC1CCC(NC(=O)[C@@H]2CC[C@H](CN)O2)(C(=O)OC)CC1. The van der Waals surface area contributed by atoms with Gasteiger partial charge in [-0.1, -0.05) is 13.3 Å². The van der Waals surface area contributed by atoms with Gasteiger partial charge in [-0.25, -0.2) is 4.79 Å². The van der Waals surface area contributed by atoms with Gasteiger partial charge in [0.15, 0.2) is 0 Å². The molecule has 126 valence electrons. The molecule has 0 aromatic rings.